The number of pyridine rings is 1. The van der Waals surface area contributed by atoms with Crippen LogP contribution in [0, 0.1) is 5.82 Å². The third kappa shape index (κ3) is 4.84. The van der Waals surface area contributed by atoms with Gasteiger partial charge in [-0.2, -0.15) is 13.2 Å². The highest BCUT2D eigenvalue weighted by Gasteiger charge is 2.34. The Morgan fingerprint density at radius 3 is 2.72 bits per heavy atom. The second-order valence-electron chi connectivity index (χ2n) is 7.00. The van der Waals surface area contributed by atoms with Gasteiger partial charge in [0, 0.05) is 18.3 Å². The van der Waals surface area contributed by atoms with Gasteiger partial charge in [-0.1, -0.05) is 11.6 Å². The molecule has 0 aromatic carbocycles. The third-order valence-electron chi connectivity index (χ3n) is 4.26. The molecule has 1 atom stereocenters. The van der Waals surface area contributed by atoms with Crippen LogP contribution >= 0.6 is 11.6 Å². The normalized spacial score (nSPS) is 16.2. The van der Waals surface area contributed by atoms with Crippen molar-refractivity contribution in [1.82, 2.24) is 20.3 Å². The summed E-state index contributed by atoms with van der Waals surface area (Å²) >= 11 is 5.99. The van der Waals surface area contributed by atoms with Gasteiger partial charge in [0.1, 0.15) is 23.7 Å². The van der Waals surface area contributed by atoms with Gasteiger partial charge in [0.25, 0.3) is 0 Å². The molecule has 7 nitrogen and oxygen atoms in total. The first-order valence-electron chi connectivity index (χ1n) is 8.51. The standard InChI is InChI=1S/C17H17ClF4N6O/c1-16(2,15(29)26-7-17(20,21)22)28-14-11(19)6-25-13(27-14)10-5-24-12-9(10)3-8(18)4-23-12/h3-4,6,10H,5,7H2,1-2H3,(H,23,24)(H,26,29)(H,25,27,28). The van der Waals surface area contributed by atoms with Gasteiger partial charge >= 0.3 is 6.18 Å². The lowest BCUT2D eigenvalue weighted by atomic mass is 10.0. The van der Waals surface area contributed by atoms with Crippen LogP contribution in [0.15, 0.2) is 18.5 Å². The van der Waals surface area contributed by atoms with Crippen molar-refractivity contribution in [1.29, 1.82) is 0 Å². The Kier molecular flexibility index (Phi) is 5.52. The number of rotatable bonds is 5. The lowest BCUT2D eigenvalue weighted by molar-refractivity contribution is -0.140. The Bertz CT molecular complexity index is 937. The van der Waals surface area contributed by atoms with Crippen LogP contribution in [-0.2, 0) is 4.79 Å². The van der Waals surface area contributed by atoms with Gasteiger partial charge in [0.2, 0.25) is 5.91 Å². The zero-order valence-electron chi connectivity index (χ0n) is 15.4. The lowest BCUT2D eigenvalue weighted by Crippen LogP contribution is -2.50. The minimum atomic E-state index is -4.56. The molecule has 0 bridgehead atoms. The van der Waals surface area contributed by atoms with E-state index in [9.17, 15) is 22.4 Å². The molecule has 29 heavy (non-hydrogen) atoms. The maximum atomic E-state index is 14.2. The second-order valence-corrected chi connectivity index (χ2v) is 7.43. The van der Waals surface area contributed by atoms with Crippen LogP contribution in [0.2, 0.25) is 5.02 Å². The first kappa shape index (κ1) is 21.0. The minimum Gasteiger partial charge on any atom is -0.369 e. The third-order valence-corrected chi connectivity index (χ3v) is 4.46. The monoisotopic (exact) mass is 432 g/mol. The van der Waals surface area contributed by atoms with Crippen LogP contribution < -0.4 is 16.0 Å². The number of alkyl halides is 3. The summed E-state index contributed by atoms with van der Waals surface area (Å²) in [5, 5.41) is 7.81. The van der Waals surface area contributed by atoms with Crippen molar-refractivity contribution < 1.29 is 22.4 Å². The number of hydrogen-bond donors (Lipinski definition) is 3. The molecule has 1 aliphatic rings. The summed E-state index contributed by atoms with van der Waals surface area (Å²) in [7, 11) is 0. The van der Waals surface area contributed by atoms with E-state index >= 15 is 0 Å². The summed E-state index contributed by atoms with van der Waals surface area (Å²) in [6.45, 7) is 1.54. The number of carbonyl (C=O) groups is 1. The highest BCUT2D eigenvalue weighted by atomic mass is 35.5. The van der Waals surface area contributed by atoms with E-state index in [0.29, 0.717) is 17.4 Å². The molecule has 12 heteroatoms. The quantitative estimate of drug-likeness (QED) is 0.629. The average molecular weight is 433 g/mol. The van der Waals surface area contributed by atoms with E-state index in [4.69, 9.17) is 11.6 Å². The number of aromatic nitrogens is 3. The SMILES string of the molecule is CC(C)(Nc1nc(C2CNc3ncc(Cl)cc32)ncc1F)C(=O)NCC(F)(F)F. The summed E-state index contributed by atoms with van der Waals surface area (Å²) in [4.78, 5) is 24.4. The topological polar surface area (TPSA) is 91.8 Å². The van der Waals surface area contributed by atoms with E-state index in [0.717, 1.165) is 11.8 Å². The highest BCUT2D eigenvalue weighted by molar-refractivity contribution is 6.30. The summed E-state index contributed by atoms with van der Waals surface area (Å²) < 4.78 is 51.2. The lowest BCUT2D eigenvalue weighted by Gasteiger charge is -2.26. The van der Waals surface area contributed by atoms with Gasteiger partial charge in [0.15, 0.2) is 11.6 Å². The smallest absolute Gasteiger partial charge is 0.369 e. The first-order valence-corrected chi connectivity index (χ1v) is 8.89. The maximum Gasteiger partial charge on any atom is 0.405 e. The van der Waals surface area contributed by atoms with Crippen LogP contribution in [0.5, 0.6) is 0 Å². The minimum absolute atomic E-state index is 0.246. The molecule has 0 radical (unpaired) electrons. The molecule has 0 saturated carbocycles. The summed E-state index contributed by atoms with van der Waals surface area (Å²) in [6, 6.07) is 1.70. The fourth-order valence-corrected chi connectivity index (χ4v) is 2.96. The molecule has 3 heterocycles. The maximum absolute atomic E-state index is 14.2. The molecule has 0 spiro atoms. The van der Waals surface area contributed by atoms with E-state index in [1.807, 2.05) is 0 Å². The molecule has 3 rings (SSSR count). The van der Waals surface area contributed by atoms with E-state index in [-0.39, 0.29) is 17.6 Å². The number of carbonyl (C=O) groups excluding carboxylic acids is 1. The summed E-state index contributed by atoms with van der Waals surface area (Å²) in [5.74, 6) is -1.62. The summed E-state index contributed by atoms with van der Waals surface area (Å²) in [5.41, 5.74) is -0.828. The number of nitrogens with zero attached hydrogens (tertiary/aromatic N) is 3. The van der Waals surface area contributed by atoms with Crippen molar-refractivity contribution in [2.75, 3.05) is 23.7 Å². The van der Waals surface area contributed by atoms with Crippen molar-refractivity contribution in [3.8, 4) is 0 Å². The van der Waals surface area contributed by atoms with Crippen LogP contribution in [0.4, 0.5) is 29.2 Å². The molecular weight excluding hydrogens is 416 g/mol. The Labute approximate surface area is 168 Å². The Morgan fingerprint density at radius 1 is 1.31 bits per heavy atom. The number of nitrogens with one attached hydrogen (secondary N) is 3. The predicted octanol–water partition coefficient (Wildman–Crippen LogP) is 3.09. The van der Waals surface area contributed by atoms with Crippen LogP contribution in [0.25, 0.3) is 0 Å². The number of anilines is 2. The fraction of sp³-hybridized carbons (Fsp3) is 0.412. The number of halogens is 5. The van der Waals surface area contributed by atoms with Crippen molar-refractivity contribution in [3.05, 3.63) is 40.7 Å². The van der Waals surface area contributed by atoms with E-state index in [2.05, 4.69) is 25.6 Å². The summed E-state index contributed by atoms with van der Waals surface area (Å²) in [6.07, 6.45) is -2.14. The van der Waals surface area contributed by atoms with E-state index < -0.39 is 30.0 Å². The van der Waals surface area contributed by atoms with Crippen LogP contribution in [0.3, 0.4) is 0 Å². The van der Waals surface area contributed by atoms with Crippen molar-refractivity contribution in [3.63, 3.8) is 0 Å². The zero-order valence-corrected chi connectivity index (χ0v) is 16.1. The molecule has 156 valence electrons. The zero-order chi connectivity index (χ0) is 21.4. The number of fused-ring (bicyclic) bond motifs is 1. The first-order chi connectivity index (χ1) is 13.5. The number of hydrogen-bond acceptors (Lipinski definition) is 6. The van der Waals surface area contributed by atoms with E-state index in [1.165, 1.54) is 20.0 Å². The van der Waals surface area contributed by atoms with Gasteiger partial charge in [-0.25, -0.2) is 19.3 Å². The molecule has 0 fully saturated rings. The Balaban J connectivity index is 1.82. The largest absolute Gasteiger partial charge is 0.405 e. The van der Waals surface area contributed by atoms with Crippen LogP contribution in [-0.4, -0.2) is 45.7 Å². The Hall–Kier alpha value is -2.69. The van der Waals surface area contributed by atoms with Gasteiger partial charge in [-0.15, -0.1) is 0 Å². The van der Waals surface area contributed by atoms with Crippen molar-refractivity contribution in [2.24, 2.45) is 0 Å². The Morgan fingerprint density at radius 2 is 2.03 bits per heavy atom. The molecule has 0 aliphatic carbocycles. The molecule has 3 N–H and O–H groups in total. The molecule has 2 aromatic rings. The van der Waals surface area contributed by atoms with Crippen LogP contribution in [0.1, 0.15) is 31.2 Å². The average Bonchev–Trinajstić information content (AvgIpc) is 3.03. The predicted molar refractivity (Wildman–Crippen MR) is 98.3 cm³/mol. The van der Waals surface area contributed by atoms with Crippen molar-refractivity contribution in [2.45, 2.75) is 31.5 Å². The molecule has 1 unspecified atom stereocenters. The second kappa shape index (κ2) is 7.62. The molecule has 0 saturated heterocycles. The highest BCUT2D eigenvalue weighted by Crippen LogP contribution is 2.35. The number of amides is 1. The molecular formula is C17H17ClF4N6O. The van der Waals surface area contributed by atoms with Gasteiger partial charge in [-0.3, -0.25) is 4.79 Å². The molecule has 1 amide bonds. The van der Waals surface area contributed by atoms with Gasteiger partial charge in [0.05, 0.1) is 17.1 Å². The fourth-order valence-electron chi connectivity index (χ4n) is 2.80. The van der Waals surface area contributed by atoms with Gasteiger partial charge in [-0.05, 0) is 19.9 Å². The molecule has 1 aliphatic heterocycles. The van der Waals surface area contributed by atoms with E-state index in [1.54, 1.807) is 11.4 Å². The molecule has 2 aromatic heterocycles. The van der Waals surface area contributed by atoms with Gasteiger partial charge < -0.3 is 16.0 Å². The van der Waals surface area contributed by atoms with Crippen molar-refractivity contribution >= 4 is 29.1 Å².